The van der Waals surface area contributed by atoms with Crippen LogP contribution in [0.4, 0.5) is 11.4 Å². The molecular weight excluding hydrogens is 414 g/mol. The van der Waals surface area contributed by atoms with Crippen molar-refractivity contribution in [3.05, 3.63) is 83.3 Å². The third-order valence-electron chi connectivity index (χ3n) is 5.90. The fraction of sp³-hybridized carbons (Fsp3) is 0.333. The van der Waals surface area contributed by atoms with E-state index in [9.17, 15) is 9.59 Å². The molecule has 0 radical (unpaired) electrons. The molecule has 1 aromatic heterocycles. The lowest BCUT2D eigenvalue weighted by atomic mass is 10.1. The van der Waals surface area contributed by atoms with Crippen molar-refractivity contribution in [1.29, 1.82) is 0 Å². The minimum Gasteiger partial charge on any atom is -0.459 e. The van der Waals surface area contributed by atoms with Crippen molar-refractivity contribution in [2.75, 3.05) is 10.2 Å². The zero-order valence-electron chi connectivity index (χ0n) is 19.4. The Bertz CT molecular complexity index is 1130. The molecule has 172 valence electrons. The first kappa shape index (κ1) is 22.6. The number of furan rings is 1. The summed E-state index contributed by atoms with van der Waals surface area (Å²) >= 11 is 0. The van der Waals surface area contributed by atoms with Crippen LogP contribution in [-0.2, 0) is 24.3 Å². The standard InChI is InChI=1S/C27H31N3O3/c1-18(2)13-25(31)29-23-9-6-7-20(15-23)16-28-27(32)26-22(11-12-33-26)17-30-19(3)14-21-8-4-5-10-24(21)30/h4-12,15,18-19H,13-14,16-17H2,1-3H3,(H,28,32)(H,29,31). The Kier molecular flexibility index (Phi) is 6.82. The number of nitrogens with one attached hydrogen (secondary N) is 2. The van der Waals surface area contributed by atoms with E-state index in [0.717, 1.165) is 23.2 Å². The second-order valence-electron chi connectivity index (χ2n) is 9.11. The van der Waals surface area contributed by atoms with E-state index in [1.54, 1.807) is 6.26 Å². The molecule has 0 fully saturated rings. The molecule has 1 aliphatic rings. The lowest BCUT2D eigenvalue weighted by molar-refractivity contribution is -0.116. The largest absolute Gasteiger partial charge is 0.459 e. The molecule has 1 aliphatic heterocycles. The van der Waals surface area contributed by atoms with Gasteiger partial charge < -0.3 is 20.0 Å². The van der Waals surface area contributed by atoms with Gasteiger partial charge in [-0.1, -0.05) is 44.2 Å². The molecule has 2 N–H and O–H groups in total. The normalized spacial score (nSPS) is 14.9. The fourth-order valence-electron chi connectivity index (χ4n) is 4.32. The molecule has 1 unspecified atom stereocenters. The van der Waals surface area contributed by atoms with Crippen molar-refractivity contribution in [2.24, 2.45) is 5.92 Å². The minimum absolute atomic E-state index is 0.0101. The maximum Gasteiger partial charge on any atom is 0.287 e. The van der Waals surface area contributed by atoms with E-state index in [4.69, 9.17) is 4.42 Å². The van der Waals surface area contributed by atoms with Gasteiger partial charge in [-0.05, 0) is 54.7 Å². The van der Waals surface area contributed by atoms with Gasteiger partial charge in [-0.25, -0.2) is 0 Å². The summed E-state index contributed by atoms with van der Waals surface area (Å²) < 4.78 is 5.57. The van der Waals surface area contributed by atoms with Gasteiger partial charge in [-0.3, -0.25) is 9.59 Å². The summed E-state index contributed by atoms with van der Waals surface area (Å²) in [5.41, 5.74) is 5.05. The predicted octanol–water partition coefficient (Wildman–Crippen LogP) is 5.15. The first-order valence-electron chi connectivity index (χ1n) is 11.5. The molecule has 3 aromatic rings. The number of carbonyl (C=O) groups excluding carboxylic acids is 2. The molecule has 0 saturated carbocycles. The maximum absolute atomic E-state index is 12.9. The molecule has 0 saturated heterocycles. The van der Waals surface area contributed by atoms with Crippen LogP contribution in [0.2, 0.25) is 0 Å². The molecule has 2 amide bonds. The zero-order valence-corrected chi connectivity index (χ0v) is 19.4. The highest BCUT2D eigenvalue weighted by Gasteiger charge is 2.27. The van der Waals surface area contributed by atoms with Crippen LogP contribution < -0.4 is 15.5 Å². The molecule has 6 nitrogen and oxygen atoms in total. The monoisotopic (exact) mass is 445 g/mol. The lowest BCUT2D eigenvalue weighted by Gasteiger charge is -2.24. The van der Waals surface area contributed by atoms with Gasteiger partial charge in [0.1, 0.15) is 0 Å². The van der Waals surface area contributed by atoms with Crippen LogP contribution in [0.3, 0.4) is 0 Å². The van der Waals surface area contributed by atoms with Crippen molar-refractivity contribution in [3.63, 3.8) is 0 Å². The van der Waals surface area contributed by atoms with E-state index >= 15 is 0 Å². The molecule has 6 heteroatoms. The Morgan fingerprint density at radius 1 is 1.12 bits per heavy atom. The minimum atomic E-state index is -0.246. The van der Waals surface area contributed by atoms with E-state index in [0.29, 0.717) is 37.2 Å². The van der Waals surface area contributed by atoms with Crippen LogP contribution in [0.1, 0.15) is 54.4 Å². The third-order valence-corrected chi connectivity index (χ3v) is 5.90. The van der Waals surface area contributed by atoms with Gasteiger partial charge in [0.15, 0.2) is 5.76 Å². The molecule has 2 aromatic carbocycles. The Balaban J connectivity index is 1.39. The molecule has 0 bridgehead atoms. The first-order chi connectivity index (χ1) is 15.9. The fourth-order valence-corrected chi connectivity index (χ4v) is 4.32. The lowest BCUT2D eigenvalue weighted by Crippen LogP contribution is -2.30. The highest BCUT2D eigenvalue weighted by molar-refractivity contribution is 5.93. The maximum atomic E-state index is 12.9. The summed E-state index contributed by atoms with van der Waals surface area (Å²) in [6.07, 6.45) is 3.05. The van der Waals surface area contributed by atoms with E-state index < -0.39 is 0 Å². The van der Waals surface area contributed by atoms with Crippen LogP contribution in [0.15, 0.2) is 65.3 Å². The number of amides is 2. The summed E-state index contributed by atoms with van der Waals surface area (Å²) in [6.45, 7) is 7.19. The van der Waals surface area contributed by atoms with Gasteiger partial charge in [0, 0.05) is 42.5 Å². The van der Waals surface area contributed by atoms with Crippen molar-refractivity contribution < 1.29 is 14.0 Å². The van der Waals surface area contributed by atoms with E-state index in [-0.39, 0.29) is 11.8 Å². The summed E-state index contributed by atoms with van der Waals surface area (Å²) in [5.74, 6) is 0.383. The Hall–Kier alpha value is -3.54. The number of hydrogen-bond donors (Lipinski definition) is 2. The molecule has 2 heterocycles. The number of para-hydroxylation sites is 1. The molecule has 0 aliphatic carbocycles. The molecule has 4 rings (SSSR count). The second-order valence-corrected chi connectivity index (χ2v) is 9.11. The summed E-state index contributed by atoms with van der Waals surface area (Å²) in [6, 6.07) is 18.2. The van der Waals surface area contributed by atoms with Crippen LogP contribution in [0, 0.1) is 5.92 Å². The van der Waals surface area contributed by atoms with Crippen LogP contribution >= 0.6 is 0 Å². The summed E-state index contributed by atoms with van der Waals surface area (Å²) in [7, 11) is 0. The number of nitrogens with zero attached hydrogens (tertiary/aromatic N) is 1. The smallest absolute Gasteiger partial charge is 0.287 e. The molecule has 1 atom stereocenters. The van der Waals surface area contributed by atoms with Crippen molar-refractivity contribution >= 4 is 23.2 Å². The Morgan fingerprint density at radius 2 is 1.94 bits per heavy atom. The first-order valence-corrected chi connectivity index (χ1v) is 11.5. The average Bonchev–Trinajstić information content (AvgIpc) is 3.36. The predicted molar refractivity (Wildman–Crippen MR) is 130 cm³/mol. The van der Waals surface area contributed by atoms with E-state index in [1.807, 2.05) is 50.2 Å². The average molecular weight is 446 g/mol. The molecule has 0 spiro atoms. The summed E-state index contributed by atoms with van der Waals surface area (Å²) in [5, 5.41) is 5.86. The molecule has 33 heavy (non-hydrogen) atoms. The number of fused-ring (bicyclic) bond motifs is 1. The number of benzene rings is 2. The molecular formula is C27H31N3O3. The van der Waals surface area contributed by atoms with Gasteiger partial charge in [0.25, 0.3) is 5.91 Å². The Labute approximate surface area is 195 Å². The highest BCUT2D eigenvalue weighted by Crippen LogP contribution is 2.33. The highest BCUT2D eigenvalue weighted by atomic mass is 16.3. The van der Waals surface area contributed by atoms with Crippen molar-refractivity contribution in [3.8, 4) is 0 Å². The van der Waals surface area contributed by atoms with Crippen LogP contribution in [0.5, 0.6) is 0 Å². The summed E-state index contributed by atoms with van der Waals surface area (Å²) in [4.78, 5) is 27.2. The third kappa shape index (κ3) is 5.45. The van der Waals surface area contributed by atoms with Crippen molar-refractivity contribution in [1.82, 2.24) is 5.32 Å². The van der Waals surface area contributed by atoms with Gasteiger partial charge in [0.2, 0.25) is 5.91 Å². The van der Waals surface area contributed by atoms with Gasteiger partial charge in [-0.15, -0.1) is 0 Å². The topological polar surface area (TPSA) is 74.6 Å². The Morgan fingerprint density at radius 3 is 2.76 bits per heavy atom. The van der Waals surface area contributed by atoms with Gasteiger partial charge in [-0.2, -0.15) is 0 Å². The second kappa shape index (κ2) is 9.94. The van der Waals surface area contributed by atoms with Gasteiger partial charge in [0.05, 0.1) is 6.26 Å². The van der Waals surface area contributed by atoms with Crippen LogP contribution in [-0.4, -0.2) is 17.9 Å². The number of anilines is 2. The number of rotatable bonds is 8. The van der Waals surface area contributed by atoms with Crippen LogP contribution in [0.25, 0.3) is 0 Å². The zero-order chi connectivity index (χ0) is 23.4. The van der Waals surface area contributed by atoms with E-state index in [1.165, 1.54) is 11.3 Å². The quantitative estimate of drug-likeness (QED) is 0.503. The van der Waals surface area contributed by atoms with Crippen molar-refractivity contribution in [2.45, 2.75) is 52.7 Å². The number of hydrogen-bond acceptors (Lipinski definition) is 4. The van der Waals surface area contributed by atoms with E-state index in [2.05, 4.69) is 40.7 Å². The SMILES string of the molecule is CC(C)CC(=O)Nc1cccc(CNC(=O)c2occc2CN2c3ccccc3CC2C)c1. The number of carbonyl (C=O) groups is 2. The van der Waals surface area contributed by atoms with Gasteiger partial charge >= 0.3 is 0 Å².